The van der Waals surface area contributed by atoms with Gasteiger partial charge in [0.25, 0.3) is 5.91 Å². The van der Waals surface area contributed by atoms with Crippen LogP contribution in [0.2, 0.25) is 0 Å². The fourth-order valence-corrected chi connectivity index (χ4v) is 6.07. The van der Waals surface area contributed by atoms with Crippen LogP contribution in [0, 0.1) is 5.41 Å². The van der Waals surface area contributed by atoms with Crippen molar-refractivity contribution in [2.24, 2.45) is 5.41 Å². The fraction of sp³-hybridized carbons (Fsp3) is 0.467. The van der Waals surface area contributed by atoms with Crippen molar-refractivity contribution in [2.75, 3.05) is 37.6 Å². The van der Waals surface area contributed by atoms with Crippen LogP contribution in [0.4, 0.5) is 5.69 Å². The molecular formula is C30H35N3O4. The number of rotatable bonds is 5. The van der Waals surface area contributed by atoms with Crippen molar-refractivity contribution in [3.63, 3.8) is 0 Å². The number of ketones is 1. The zero-order valence-electron chi connectivity index (χ0n) is 21.6. The van der Waals surface area contributed by atoms with Gasteiger partial charge in [-0.3, -0.25) is 19.2 Å². The number of carbonyl (C=O) groups excluding carboxylic acids is 4. The number of anilines is 1. The molecule has 0 N–H and O–H groups in total. The number of nitrogens with zero attached hydrogens (tertiary/aromatic N) is 3. The first-order valence-corrected chi connectivity index (χ1v) is 13.4. The van der Waals surface area contributed by atoms with Gasteiger partial charge in [0.15, 0.2) is 5.78 Å². The van der Waals surface area contributed by atoms with Crippen molar-refractivity contribution in [3.05, 3.63) is 65.2 Å². The van der Waals surface area contributed by atoms with Crippen molar-refractivity contribution >= 4 is 29.2 Å². The highest BCUT2D eigenvalue weighted by Crippen LogP contribution is 2.41. The Kier molecular flexibility index (Phi) is 7.13. The highest BCUT2D eigenvalue weighted by atomic mass is 16.2. The van der Waals surface area contributed by atoms with E-state index >= 15 is 0 Å². The molecule has 2 fully saturated rings. The van der Waals surface area contributed by atoms with E-state index in [2.05, 4.69) is 6.07 Å². The topological polar surface area (TPSA) is 78.0 Å². The third-order valence-electron chi connectivity index (χ3n) is 8.40. The molecule has 7 heteroatoms. The Morgan fingerprint density at radius 3 is 2.08 bits per heavy atom. The maximum absolute atomic E-state index is 13.0. The molecule has 1 spiro atoms. The van der Waals surface area contributed by atoms with Crippen LogP contribution in [0.15, 0.2) is 48.5 Å². The number of hydrogen-bond acceptors (Lipinski definition) is 4. The minimum absolute atomic E-state index is 0.00585. The van der Waals surface area contributed by atoms with Gasteiger partial charge in [-0.1, -0.05) is 30.3 Å². The SMILES string of the molecule is CC(=O)c1ccc(C(=O)N2CCC3(CCN(C(=O)CCC(=O)N4CCCc5ccccc54)C3)CC2)cc1. The monoisotopic (exact) mass is 501 g/mol. The molecule has 3 amide bonds. The van der Waals surface area contributed by atoms with Gasteiger partial charge in [0, 0.05) is 62.4 Å². The Balaban J connectivity index is 1.11. The quantitative estimate of drug-likeness (QED) is 0.578. The molecule has 7 nitrogen and oxygen atoms in total. The van der Waals surface area contributed by atoms with Crippen LogP contribution in [0.3, 0.4) is 0 Å². The Morgan fingerprint density at radius 1 is 0.757 bits per heavy atom. The molecule has 2 saturated heterocycles. The van der Waals surface area contributed by atoms with Gasteiger partial charge in [0.05, 0.1) is 0 Å². The number of carbonyl (C=O) groups is 4. The molecule has 0 aromatic heterocycles. The normalized spacial score (nSPS) is 18.6. The maximum Gasteiger partial charge on any atom is 0.253 e. The smallest absolute Gasteiger partial charge is 0.253 e. The second-order valence-electron chi connectivity index (χ2n) is 10.8. The molecule has 3 heterocycles. The van der Waals surface area contributed by atoms with Gasteiger partial charge in [0.1, 0.15) is 0 Å². The first-order valence-electron chi connectivity index (χ1n) is 13.4. The molecule has 0 aliphatic carbocycles. The summed E-state index contributed by atoms with van der Waals surface area (Å²) in [4.78, 5) is 56.1. The lowest BCUT2D eigenvalue weighted by Crippen LogP contribution is -2.44. The Morgan fingerprint density at radius 2 is 1.38 bits per heavy atom. The van der Waals surface area contributed by atoms with Gasteiger partial charge >= 0.3 is 0 Å². The van der Waals surface area contributed by atoms with E-state index in [4.69, 9.17) is 0 Å². The second kappa shape index (κ2) is 10.5. The van der Waals surface area contributed by atoms with Gasteiger partial charge < -0.3 is 14.7 Å². The minimum Gasteiger partial charge on any atom is -0.342 e. The summed E-state index contributed by atoms with van der Waals surface area (Å²) in [5.41, 5.74) is 3.45. The van der Waals surface area contributed by atoms with E-state index in [-0.39, 0.29) is 41.8 Å². The Labute approximate surface area is 218 Å². The number of hydrogen-bond donors (Lipinski definition) is 0. The summed E-state index contributed by atoms with van der Waals surface area (Å²) in [6.45, 7) is 5.00. The largest absolute Gasteiger partial charge is 0.342 e. The maximum atomic E-state index is 13.0. The number of amides is 3. The van der Waals surface area contributed by atoms with Crippen LogP contribution < -0.4 is 4.90 Å². The number of likely N-dealkylation sites (tertiary alicyclic amines) is 2. The second-order valence-corrected chi connectivity index (χ2v) is 10.8. The van der Waals surface area contributed by atoms with Gasteiger partial charge in [-0.15, -0.1) is 0 Å². The van der Waals surface area contributed by atoms with E-state index in [0.717, 1.165) is 44.3 Å². The number of benzene rings is 2. The number of para-hydroxylation sites is 1. The lowest BCUT2D eigenvalue weighted by Gasteiger charge is -2.39. The summed E-state index contributed by atoms with van der Waals surface area (Å²) < 4.78 is 0. The van der Waals surface area contributed by atoms with E-state index in [1.165, 1.54) is 12.5 Å². The molecule has 3 aliphatic rings. The predicted octanol–water partition coefficient (Wildman–Crippen LogP) is 4.10. The molecule has 194 valence electrons. The number of fused-ring (bicyclic) bond motifs is 1. The van der Waals surface area contributed by atoms with E-state index in [9.17, 15) is 19.2 Å². The highest BCUT2D eigenvalue weighted by Gasteiger charge is 2.42. The molecule has 0 bridgehead atoms. The molecule has 5 rings (SSSR count). The molecule has 3 aliphatic heterocycles. The summed E-state index contributed by atoms with van der Waals surface area (Å²) in [5.74, 6) is 0.0614. The lowest BCUT2D eigenvalue weighted by atomic mass is 9.77. The molecule has 0 saturated carbocycles. The van der Waals surface area contributed by atoms with Crippen LogP contribution in [0.25, 0.3) is 0 Å². The van der Waals surface area contributed by atoms with Crippen molar-refractivity contribution in [2.45, 2.75) is 51.9 Å². The first-order chi connectivity index (χ1) is 17.8. The summed E-state index contributed by atoms with van der Waals surface area (Å²) >= 11 is 0. The van der Waals surface area contributed by atoms with Gasteiger partial charge in [-0.05, 0) is 68.2 Å². The van der Waals surface area contributed by atoms with Crippen molar-refractivity contribution in [1.82, 2.24) is 9.80 Å². The van der Waals surface area contributed by atoms with Crippen molar-refractivity contribution in [1.29, 1.82) is 0 Å². The van der Waals surface area contributed by atoms with E-state index < -0.39 is 0 Å². The summed E-state index contributed by atoms with van der Waals surface area (Å²) in [6, 6.07) is 14.9. The lowest BCUT2D eigenvalue weighted by molar-refractivity contribution is -0.132. The minimum atomic E-state index is -0.0135. The molecule has 0 unspecified atom stereocenters. The highest BCUT2D eigenvalue weighted by molar-refractivity contribution is 5.98. The Hall–Kier alpha value is -3.48. The summed E-state index contributed by atoms with van der Waals surface area (Å²) in [6.07, 6.45) is 5.12. The van der Waals surface area contributed by atoms with E-state index in [1.54, 1.807) is 24.3 Å². The standard InChI is InChI=1S/C30H35N3O4/c1-22(34)23-8-10-25(11-9-23)29(37)31-18-14-30(15-19-31)16-20-32(21-30)27(35)12-13-28(36)33-17-4-6-24-5-2-3-7-26(24)33/h2-3,5,7-11H,4,6,12-21H2,1H3. The average molecular weight is 502 g/mol. The van der Waals surface area contributed by atoms with Crippen LogP contribution in [-0.2, 0) is 16.0 Å². The van der Waals surface area contributed by atoms with Crippen molar-refractivity contribution in [3.8, 4) is 0 Å². The molecule has 37 heavy (non-hydrogen) atoms. The van der Waals surface area contributed by atoms with Crippen LogP contribution >= 0.6 is 0 Å². The third-order valence-corrected chi connectivity index (χ3v) is 8.40. The number of piperidine rings is 1. The molecular weight excluding hydrogens is 466 g/mol. The third kappa shape index (κ3) is 5.31. The fourth-order valence-electron chi connectivity index (χ4n) is 6.07. The average Bonchev–Trinajstić information content (AvgIpc) is 3.34. The van der Waals surface area contributed by atoms with Crippen LogP contribution in [0.1, 0.15) is 71.7 Å². The zero-order valence-corrected chi connectivity index (χ0v) is 21.6. The summed E-state index contributed by atoms with van der Waals surface area (Å²) in [5, 5.41) is 0. The van der Waals surface area contributed by atoms with Gasteiger partial charge in [0.2, 0.25) is 11.8 Å². The van der Waals surface area contributed by atoms with Crippen LogP contribution in [0.5, 0.6) is 0 Å². The number of Topliss-reactive ketones (excluding diaryl/α,β-unsaturated/α-hetero) is 1. The molecule has 0 radical (unpaired) electrons. The van der Waals surface area contributed by atoms with Crippen LogP contribution in [-0.4, -0.2) is 66.0 Å². The molecule has 2 aromatic carbocycles. The predicted molar refractivity (Wildman–Crippen MR) is 142 cm³/mol. The van der Waals surface area contributed by atoms with E-state index in [0.29, 0.717) is 37.3 Å². The Bertz CT molecular complexity index is 1200. The summed E-state index contributed by atoms with van der Waals surface area (Å²) in [7, 11) is 0. The van der Waals surface area contributed by atoms with Gasteiger partial charge in [-0.2, -0.15) is 0 Å². The molecule has 0 atom stereocenters. The van der Waals surface area contributed by atoms with E-state index in [1.807, 2.05) is 32.9 Å². The first kappa shape index (κ1) is 25.2. The molecule has 2 aromatic rings. The number of aryl methyl sites for hydroxylation is 1. The van der Waals surface area contributed by atoms with Crippen molar-refractivity contribution < 1.29 is 19.2 Å². The zero-order chi connectivity index (χ0) is 26.0. The van der Waals surface area contributed by atoms with Gasteiger partial charge in [-0.25, -0.2) is 0 Å².